The fourth-order valence-corrected chi connectivity index (χ4v) is 3.43. The first kappa shape index (κ1) is 16.2. The number of anilines is 1. The Labute approximate surface area is 154 Å². The van der Waals surface area contributed by atoms with Crippen molar-refractivity contribution >= 4 is 39.4 Å². The highest BCUT2D eigenvalue weighted by Crippen LogP contribution is 2.22. The summed E-state index contributed by atoms with van der Waals surface area (Å²) in [6.45, 7) is 0.665. The van der Waals surface area contributed by atoms with Crippen LogP contribution in [-0.4, -0.2) is 20.7 Å². The first-order valence-electron chi connectivity index (χ1n) is 8.18. The van der Waals surface area contributed by atoms with Gasteiger partial charge in [0.15, 0.2) is 5.82 Å². The largest absolute Gasteiger partial charge is 0.306 e. The van der Waals surface area contributed by atoms with Crippen molar-refractivity contribution in [2.75, 3.05) is 5.32 Å². The molecule has 4 aromatic rings. The molecule has 0 unspecified atom stereocenters. The molecule has 0 aliphatic rings. The number of nitrogens with zero attached hydrogens (tertiary/aromatic N) is 3. The highest BCUT2D eigenvalue weighted by atomic mass is 32.1. The van der Waals surface area contributed by atoms with Gasteiger partial charge in [0.2, 0.25) is 5.91 Å². The predicted molar refractivity (Wildman–Crippen MR) is 105 cm³/mol. The third-order valence-corrected chi connectivity index (χ3v) is 4.77. The number of hydrogen-bond acceptors (Lipinski definition) is 4. The third-order valence-electron chi connectivity index (χ3n) is 3.77. The molecule has 0 bridgehead atoms. The molecule has 0 aliphatic carbocycles. The van der Waals surface area contributed by atoms with E-state index in [1.54, 1.807) is 28.2 Å². The lowest BCUT2D eigenvalue weighted by Crippen LogP contribution is -2.09. The molecule has 6 heteroatoms. The molecule has 1 amide bonds. The summed E-state index contributed by atoms with van der Waals surface area (Å²) >= 11 is 1.55. The zero-order valence-corrected chi connectivity index (χ0v) is 14.7. The summed E-state index contributed by atoms with van der Waals surface area (Å²) in [6, 6.07) is 19.7. The summed E-state index contributed by atoms with van der Waals surface area (Å²) in [6.07, 6.45) is 5.05. The minimum Gasteiger partial charge on any atom is -0.306 e. The SMILES string of the molecule is O=C(/C=C/c1nc2ccccc2s1)Nc1ccn(Cc2ccccc2)n1. The van der Waals surface area contributed by atoms with E-state index in [1.807, 2.05) is 60.8 Å². The van der Waals surface area contributed by atoms with E-state index in [0.717, 1.165) is 20.8 Å². The first-order valence-corrected chi connectivity index (χ1v) is 9.00. The van der Waals surface area contributed by atoms with E-state index in [4.69, 9.17) is 0 Å². The van der Waals surface area contributed by atoms with Crippen molar-refractivity contribution in [3.63, 3.8) is 0 Å². The summed E-state index contributed by atoms with van der Waals surface area (Å²) < 4.78 is 2.90. The van der Waals surface area contributed by atoms with Crippen LogP contribution in [0.3, 0.4) is 0 Å². The molecule has 1 N–H and O–H groups in total. The molecule has 128 valence electrons. The van der Waals surface area contributed by atoms with E-state index in [0.29, 0.717) is 12.4 Å². The van der Waals surface area contributed by atoms with Crippen molar-refractivity contribution in [1.29, 1.82) is 0 Å². The van der Waals surface area contributed by atoms with Crippen molar-refractivity contribution in [2.24, 2.45) is 0 Å². The number of benzene rings is 2. The van der Waals surface area contributed by atoms with Crippen LogP contribution in [0.4, 0.5) is 5.82 Å². The van der Waals surface area contributed by atoms with Gasteiger partial charge in [-0.25, -0.2) is 4.98 Å². The Balaban J connectivity index is 1.38. The molecule has 0 saturated carbocycles. The molecule has 2 aromatic heterocycles. The van der Waals surface area contributed by atoms with E-state index in [-0.39, 0.29) is 5.91 Å². The number of fused-ring (bicyclic) bond motifs is 1. The number of para-hydroxylation sites is 1. The lowest BCUT2D eigenvalue weighted by atomic mass is 10.2. The Hall–Kier alpha value is -3.25. The van der Waals surface area contributed by atoms with Gasteiger partial charge < -0.3 is 5.32 Å². The van der Waals surface area contributed by atoms with Crippen molar-refractivity contribution in [3.05, 3.63) is 83.5 Å². The van der Waals surface area contributed by atoms with Crippen LogP contribution >= 0.6 is 11.3 Å². The quantitative estimate of drug-likeness (QED) is 0.543. The Morgan fingerprint density at radius 2 is 1.88 bits per heavy atom. The molecule has 2 heterocycles. The molecule has 0 radical (unpaired) electrons. The van der Waals surface area contributed by atoms with E-state index < -0.39 is 0 Å². The normalized spacial score (nSPS) is 11.2. The smallest absolute Gasteiger partial charge is 0.249 e. The van der Waals surface area contributed by atoms with Gasteiger partial charge in [0.05, 0.1) is 16.8 Å². The van der Waals surface area contributed by atoms with E-state index >= 15 is 0 Å². The lowest BCUT2D eigenvalue weighted by Gasteiger charge is -2.01. The minimum absolute atomic E-state index is 0.228. The van der Waals surface area contributed by atoms with Crippen LogP contribution in [-0.2, 0) is 11.3 Å². The average molecular weight is 360 g/mol. The number of rotatable bonds is 5. The zero-order valence-electron chi connectivity index (χ0n) is 13.9. The summed E-state index contributed by atoms with van der Waals surface area (Å²) in [7, 11) is 0. The molecular formula is C20H16N4OS. The van der Waals surface area contributed by atoms with Crippen LogP contribution in [0.2, 0.25) is 0 Å². The summed E-state index contributed by atoms with van der Waals surface area (Å²) in [5.74, 6) is 0.300. The van der Waals surface area contributed by atoms with Gasteiger partial charge in [0.25, 0.3) is 0 Å². The standard InChI is InChI=1S/C20H16N4OS/c25-19(10-11-20-21-16-8-4-5-9-17(16)26-20)22-18-12-13-24(23-18)14-15-6-2-1-3-7-15/h1-13H,14H2,(H,22,23,25)/b11-10+. The highest BCUT2D eigenvalue weighted by molar-refractivity contribution is 7.19. The molecule has 0 saturated heterocycles. The van der Waals surface area contributed by atoms with Gasteiger partial charge in [-0.2, -0.15) is 5.10 Å². The maximum atomic E-state index is 12.1. The average Bonchev–Trinajstić information content (AvgIpc) is 3.27. The molecule has 0 atom stereocenters. The van der Waals surface area contributed by atoms with Gasteiger partial charge >= 0.3 is 0 Å². The van der Waals surface area contributed by atoms with Crippen LogP contribution in [0.15, 0.2) is 72.9 Å². The van der Waals surface area contributed by atoms with Crippen LogP contribution in [0.5, 0.6) is 0 Å². The number of nitrogens with one attached hydrogen (secondary N) is 1. The Morgan fingerprint density at radius 1 is 1.08 bits per heavy atom. The third kappa shape index (κ3) is 3.87. The van der Waals surface area contributed by atoms with Crippen LogP contribution in [0.25, 0.3) is 16.3 Å². The molecule has 2 aromatic carbocycles. The molecule has 0 aliphatic heterocycles. The number of carbonyl (C=O) groups excluding carboxylic acids is 1. The summed E-state index contributed by atoms with van der Waals surface area (Å²) in [5.41, 5.74) is 2.10. The summed E-state index contributed by atoms with van der Waals surface area (Å²) in [4.78, 5) is 16.6. The second-order valence-corrected chi connectivity index (χ2v) is 6.79. The van der Waals surface area contributed by atoms with Crippen molar-refractivity contribution in [3.8, 4) is 0 Å². The number of amides is 1. The number of hydrogen-bond donors (Lipinski definition) is 1. The topological polar surface area (TPSA) is 59.8 Å². The Bertz CT molecular complexity index is 1030. The molecule has 4 rings (SSSR count). The van der Waals surface area contributed by atoms with Gasteiger partial charge in [-0.1, -0.05) is 42.5 Å². The molecule has 5 nitrogen and oxygen atoms in total. The number of aromatic nitrogens is 3. The van der Waals surface area contributed by atoms with Crippen LogP contribution in [0, 0.1) is 0 Å². The van der Waals surface area contributed by atoms with Crippen LogP contribution in [0.1, 0.15) is 10.6 Å². The van der Waals surface area contributed by atoms with E-state index in [1.165, 1.54) is 6.08 Å². The second-order valence-electron chi connectivity index (χ2n) is 5.73. The Kier molecular flexibility index (Phi) is 4.57. The maximum absolute atomic E-state index is 12.1. The van der Waals surface area contributed by atoms with Gasteiger partial charge in [0.1, 0.15) is 5.01 Å². The highest BCUT2D eigenvalue weighted by Gasteiger charge is 2.04. The van der Waals surface area contributed by atoms with Crippen molar-refractivity contribution in [1.82, 2.24) is 14.8 Å². The maximum Gasteiger partial charge on any atom is 0.249 e. The molecule has 0 fully saturated rings. The molecule has 26 heavy (non-hydrogen) atoms. The number of thiazole rings is 1. The fraction of sp³-hybridized carbons (Fsp3) is 0.0500. The van der Waals surface area contributed by atoms with Crippen molar-refractivity contribution in [2.45, 2.75) is 6.54 Å². The van der Waals surface area contributed by atoms with Crippen LogP contribution < -0.4 is 5.32 Å². The van der Waals surface area contributed by atoms with E-state index in [9.17, 15) is 4.79 Å². The van der Waals surface area contributed by atoms with Gasteiger partial charge in [0, 0.05) is 18.3 Å². The molecule has 0 spiro atoms. The van der Waals surface area contributed by atoms with E-state index in [2.05, 4.69) is 15.4 Å². The minimum atomic E-state index is -0.228. The lowest BCUT2D eigenvalue weighted by molar-refractivity contribution is -0.111. The fourth-order valence-electron chi connectivity index (χ4n) is 2.56. The predicted octanol–water partition coefficient (Wildman–Crippen LogP) is 4.19. The van der Waals surface area contributed by atoms with Gasteiger partial charge in [-0.3, -0.25) is 9.48 Å². The molecular weight excluding hydrogens is 344 g/mol. The van der Waals surface area contributed by atoms with Gasteiger partial charge in [-0.15, -0.1) is 11.3 Å². The van der Waals surface area contributed by atoms with Crippen molar-refractivity contribution < 1.29 is 4.79 Å². The zero-order chi connectivity index (χ0) is 17.8. The Morgan fingerprint density at radius 3 is 2.73 bits per heavy atom. The second kappa shape index (κ2) is 7.33. The monoisotopic (exact) mass is 360 g/mol. The summed E-state index contributed by atoms with van der Waals surface area (Å²) in [5, 5.41) is 7.95. The first-order chi connectivity index (χ1) is 12.8. The van der Waals surface area contributed by atoms with Gasteiger partial charge in [-0.05, 0) is 23.8 Å². The number of carbonyl (C=O) groups is 1.